The molecule has 0 bridgehead atoms. The van der Waals surface area contributed by atoms with Gasteiger partial charge in [0, 0.05) is 49.1 Å². The van der Waals surface area contributed by atoms with Crippen LogP contribution < -0.4 is 4.74 Å². The fraction of sp³-hybridized carbons (Fsp3) is 0.381. The lowest BCUT2D eigenvalue weighted by Gasteiger charge is -2.22. The molecule has 1 atom stereocenters. The number of ether oxygens (including phenoxy) is 2. The van der Waals surface area contributed by atoms with Gasteiger partial charge >= 0.3 is 0 Å². The van der Waals surface area contributed by atoms with Crippen molar-refractivity contribution in [3.63, 3.8) is 0 Å². The normalized spacial score (nSPS) is 17.5. The van der Waals surface area contributed by atoms with Crippen molar-refractivity contribution in [1.82, 2.24) is 9.55 Å². The summed E-state index contributed by atoms with van der Waals surface area (Å²) in [6.45, 7) is 2.09. The first-order valence-corrected chi connectivity index (χ1v) is 9.26. The van der Waals surface area contributed by atoms with Crippen molar-refractivity contribution < 1.29 is 14.6 Å². The second kappa shape index (κ2) is 7.79. The van der Waals surface area contributed by atoms with Gasteiger partial charge in [0.1, 0.15) is 12.4 Å². The minimum Gasteiger partial charge on any atom is -0.508 e. The number of aryl methyl sites for hydroxylation is 2. The second-order valence-corrected chi connectivity index (χ2v) is 6.77. The van der Waals surface area contributed by atoms with Crippen molar-refractivity contribution >= 4 is 10.9 Å². The third kappa shape index (κ3) is 3.99. The Morgan fingerprint density at radius 1 is 1.19 bits per heavy atom. The summed E-state index contributed by atoms with van der Waals surface area (Å²) >= 11 is 0. The Bertz CT molecular complexity index is 869. The van der Waals surface area contributed by atoms with Crippen LogP contribution in [0.4, 0.5) is 0 Å². The van der Waals surface area contributed by atoms with Crippen LogP contribution in [0.3, 0.4) is 0 Å². The molecular formula is C21H24N2O3. The zero-order chi connectivity index (χ0) is 17.8. The molecular weight excluding hydrogens is 328 g/mol. The summed E-state index contributed by atoms with van der Waals surface area (Å²) in [6.07, 6.45) is 6.26. The molecule has 1 saturated heterocycles. The zero-order valence-electron chi connectivity index (χ0n) is 14.8. The van der Waals surface area contributed by atoms with E-state index in [1.54, 1.807) is 12.1 Å². The van der Waals surface area contributed by atoms with Crippen LogP contribution in [-0.4, -0.2) is 34.0 Å². The molecule has 136 valence electrons. The second-order valence-electron chi connectivity index (χ2n) is 6.77. The molecule has 1 unspecified atom stereocenters. The highest BCUT2D eigenvalue weighted by molar-refractivity contribution is 5.79. The summed E-state index contributed by atoms with van der Waals surface area (Å²) in [7, 11) is 0. The molecule has 3 heterocycles. The maximum atomic E-state index is 10.0. The average Bonchev–Trinajstić information content (AvgIpc) is 3.08. The summed E-state index contributed by atoms with van der Waals surface area (Å²) in [5, 5.41) is 11.2. The van der Waals surface area contributed by atoms with E-state index in [4.69, 9.17) is 9.47 Å². The van der Waals surface area contributed by atoms with Crippen molar-refractivity contribution in [2.45, 2.75) is 38.3 Å². The first kappa shape index (κ1) is 16.9. The molecule has 0 saturated carbocycles. The van der Waals surface area contributed by atoms with Gasteiger partial charge < -0.3 is 19.1 Å². The Morgan fingerprint density at radius 2 is 2.12 bits per heavy atom. The SMILES string of the molecule is Oc1cc(CCn2ccc3ccccc32)nc(OCC2CCCCO2)c1. The highest BCUT2D eigenvalue weighted by atomic mass is 16.5. The highest BCUT2D eigenvalue weighted by Gasteiger charge is 2.15. The minimum atomic E-state index is 0.127. The minimum absolute atomic E-state index is 0.127. The van der Waals surface area contributed by atoms with Gasteiger partial charge in [-0.15, -0.1) is 0 Å². The molecule has 0 amide bonds. The molecule has 2 aromatic heterocycles. The van der Waals surface area contributed by atoms with E-state index in [1.165, 1.54) is 17.3 Å². The van der Waals surface area contributed by atoms with Crippen LogP contribution in [0.2, 0.25) is 0 Å². The third-order valence-electron chi connectivity index (χ3n) is 4.82. The fourth-order valence-electron chi connectivity index (χ4n) is 3.43. The number of aromatic hydroxyl groups is 1. The zero-order valence-corrected chi connectivity index (χ0v) is 14.8. The first-order chi connectivity index (χ1) is 12.8. The summed E-state index contributed by atoms with van der Waals surface area (Å²) in [5.74, 6) is 0.651. The quantitative estimate of drug-likeness (QED) is 0.730. The molecule has 1 aliphatic heterocycles. The summed E-state index contributed by atoms with van der Waals surface area (Å²) in [4.78, 5) is 4.55. The number of nitrogens with zero attached hydrogens (tertiary/aromatic N) is 2. The van der Waals surface area contributed by atoms with Crippen LogP contribution in [0.25, 0.3) is 10.9 Å². The van der Waals surface area contributed by atoms with E-state index in [1.807, 2.05) is 12.1 Å². The summed E-state index contributed by atoms with van der Waals surface area (Å²) in [6, 6.07) is 13.7. The number of pyridine rings is 1. The smallest absolute Gasteiger partial charge is 0.217 e. The number of hydrogen-bond donors (Lipinski definition) is 1. The van der Waals surface area contributed by atoms with Crippen molar-refractivity contribution in [2.75, 3.05) is 13.2 Å². The maximum Gasteiger partial charge on any atom is 0.217 e. The third-order valence-corrected chi connectivity index (χ3v) is 4.82. The molecule has 4 rings (SSSR count). The van der Waals surface area contributed by atoms with E-state index < -0.39 is 0 Å². The molecule has 0 aliphatic carbocycles. The number of hydrogen-bond acceptors (Lipinski definition) is 4. The fourth-order valence-corrected chi connectivity index (χ4v) is 3.43. The molecule has 5 heteroatoms. The van der Waals surface area contributed by atoms with Crippen LogP contribution in [0.15, 0.2) is 48.7 Å². The van der Waals surface area contributed by atoms with Gasteiger partial charge in [-0.25, -0.2) is 4.98 Å². The lowest BCUT2D eigenvalue weighted by atomic mass is 10.1. The molecule has 26 heavy (non-hydrogen) atoms. The van der Waals surface area contributed by atoms with E-state index in [2.05, 4.69) is 33.9 Å². The first-order valence-electron chi connectivity index (χ1n) is 9.26. The van der Waals surface area contributed by atoms with Gasteiger partial charge in [0.2, 0.25) is 5.88 Å². The summed E-state index contributed by atoms with van der Waals surface area (Å²) in [5.41, 5.74) is 2.03. The van der Waals surface area contributed by atoms with Gasteiger partial charge in [-0.2, -0.15) is 0 Å². The van der Waals surface area contributed by atoms with E-state index in [9.17, 15) is 5.11 Å². The van der Waals surface area contributed by atoms with Gasteiger partial charge in [-0.1, -0.05) is 18.2 Å². The molecule has 3 aromatic rings. The van der Waals surface area contributed by atoms with Crippen molar-refractivity contribution in [3.8, 4) is 11.6 Å². The Kier molecular flexibility index (Phi) is 5.07. The predicted octanol–water partition coefficient (Wildman–Crippen LogP) is 3.93. The molecule has 5 nitrogen and oxygen atoms in total. The highest BCUT2D eigenvalue weighted by Crippen LogP contribution is 2.21. The summed E-state index contributed by atoms with van der Waals surface area (Å²) < 4.78 is 13.7. The molecule has 1 N–H and O–H groups in total. The maximum absolute atomic E-state index is 10.0. The van der Waals surface area contributed by atoms with Crippen LogP contribution >= 0.6 is 0 Å². The van der Waals surface area contributed by atoms with Gasteiger partial charge in [0.05, 0.1) is 6.10 Å². The van der Waals surface area contributed by atoms with Crippen LogP contribution in [0.5, 0.6) is 11.6 Å². The largest absolute Gasteiger partial charge is 0.508 e. The number of para-hydroxylation sites is 1. The molecule has 1 fully saturated rings. The van der Waals surface area contributed by atoms with E-state index in [-0.39, 0.29) is 11.9 Å². The lowest BCUT2D eigenvalue weighted by molar-refractivity contribution is -0.0120. The molecule has 1 aromatic carbocycles. The average molecular weight is 352 g/mol. The van der Waals surface area contributed by atoms with Crippen LogP contribution in [0.1, 0.15) is 25.0 Å². The number of rotatable bonds is 6. The number of aromatic nitrogens is 2. The van der Waals surface area contributed by atoms with Gasteiger partial charge in [0.15, 0.2) is 0 Å². The molecule has 0 radical (unpaired) electrons. The Balaban J connectivity index is 1.40. The predicted molar refractivity (Wildman–Crippen MR) is 101 cm³/mol. The Morgan fingerprint density at radius 3 is 3.00 bits per heavy atom. The monoisotopic (exact) mass is 352 g/mol. The standard InChI is InChI=1S/C21H24N2O3/c24-18-13-17(9-11-23-10-8-16-5-1-2-7-20(16)23)22-21(14-18)26-15-19-6-3-4-12-25-19/h1-2,5,7-8,10,13-14,19H,3-4,6,9,11-12,15H2,(H,22,24). The molecule has 1 aliphatic rings. The van der Waals surface area contributed by atoms with Crippen LogP contribution in [-0.2, 0) is 17.7 Å². The van der Waals surface area contributed by atoms with Crippen LogP contribution in [0, 0.1) is 0 Å². The van der Waals surface area contributed by atoms with E-state index in [0.29, 0.717) is 12.5 Å². The Labute approximate surface area is 153 Å². The van der Waals surface area contributed by atoms with Crippen molar-refractivity contribution in [3.05, 3.63) is 54.4 Å². The van der Waals surface area contributed by atoms with E-state index >= 15 is 0 Å². The van der Waals surface area contributed by atoms with Crippen molar-refractivity contribution in [2.24, 2.45) is 0 Å². The Hall–Kier alpha value is -2.53. The molecule has 0 spiro atoms. The van der Waals surface area contributed by atoms with Gasteiger partial charge in [-0.05, 0) is 36.8 Å². The van der Waals surface area contributed by atoms with Gasteiger partial charge in [0.25, 0.3) is 0 Å². The number of benzene rings is 1. The number of fused-ring (bicyclic) bond motifs is 1. The van der Waals surface area contributed by atoms with Crippen molar-refractivity contribution in [1.29, 1.82) is 0 Å². The van der Waals surface area contributed by atoms with E-state index in [0.717, 1.165) is 38.1 Å². The van der Waals surface area contributed by atoms with Gasteiger partial charge in [-0.3, -0.25) is 0 Å². The lowest BCUT2D eigenvalue weighted by Crippen LogP contribution is -2.26. The topological polar surface area (TPSA) is 56.5 Å².